The summed E-state index contributed by atoms with van der Waals surface area (Å²) in [4.78, 5) is 40.6. The lowest BCUT2D eigenvalue weighted by Crippen LogP contribution is -2.30. The Hall–Kier alpha value is -3.02. The third kappa shape index (κ3) is 1.97. The number of anilines is 1. The van der Waals surface area contributed by atoms with Gasteiger partial charge in [0.15, 0.2) is 0 Å². The number of imide groups is 1. The number of aromatic nitrogens is 1. The van der Waals surface area contributed by atoms with E-state index in [9.17, 15) is 14.4 Å². The third-order valence-corrected chi connectivity index (χ3v) is 3.26. The van der Waals surface area contributed by atoms with Crippen molar-refractivity contribution in [3.05, 3.63) is 58.8 Å². The molecule has 21 heavy (non-hydrogen) atoms. The molecule has 0 unspecified atom stereocenters. The quantitative estimate of drug-likeness (QED) is 0.850. The number of hydrogen-bond acceptors (Lipinski definition) is 4. The molecule has 1 aromatic heterocycles. The van der Waals surface area contributed by atoms with Crippen molar-refractivity contribution in [1.82, 2.24) is 4.98 Å². The minimum absolute atomic E-state index is 0.0337. The van der Waals surface area contributed by atoms with Gasteiger partial charge in [0.25, 0.3) is 11.8 Å². The third-order valence-electron chi connectivity index (χ3n) is 3.26. The largest absolute Gasteiger partial charge is 0.478 e. The van der Waals surface area contributed by atoms with Gasteiger partial charge in [-0.1, -0.05) is 6.07 Å². The van der Waals surface area contributed by atoms with Crippen LogP contribution in [0.1, 0.15) is 36.6 Å². The molecule has 0 saturated heterocycles. The lowest BCUT2D eigenvalue weighted by atomic mass is 10.1. The van der Waals surface area contributed by atoms with Crippen molar-refractivity contribution in [3.63, 3.8) is 0 Å². The van der Waals surface area contributed by atoms with Crippen LogP contribution in [0.4, 0.5) is 5.82 Å². The number of rotatable bonds is 2. The topological polar surface area (TPSA) is 87.6 Å². The molecule has 1 aliphatic heterocycles. The fraction of sp³-hybridized carbons (Fsp3) is 0.0667. The molecule has 1 N–H and O–H groups in total. The van der Waals surface area contributed by atoms with Crippen LogP contribution in [0.5, 0.6) is 0 Å². The Morgan fingerprint density at radius 1 is 1.10 bits per heavy atom. The maximum atomic E-state index is 12.3. The molecule has 104 valence electrons. The van der Waals surface area contributed by atoms with E-state index in [0.717, 1.165) is 10.5 Å². The van der Waals surface area contributed by atoms with Crippen LogP contribution in [0.15, 0.2) is 36.5 Å². The fourth-order valence-corrected chi connectivity index (χ4v) is 2.17. The van der Waals surface area contributed by atoms with E-state index in [4.69, 9.17) is 5.11 Å². The van der Waals surface area contributed by atoms with E-state index in [1.165, 1.54) is 18.2 Å². The summed E-state index contributed by atoms with van der Waals surface area (Å²) < 4.78 is 0. The number of fused-ring (bicyclic) bond motifs is 1. The number of carbonyl (C=O) groups is 3. The van der Waals surface area contributed by atoms with E-state index in [1.54, 1.807) is 18.3 Å². The standard InChI is InChI=1S/C15H10N2O4/c1-8-2-5-12(16-7-8)17-13(18)10-4-3-9(15(20)21)6-11(10)14(17)19/h2-7H,1H3,(H,20,21). The van der Waals surface area contributed by atoms with Crippen LogP contribution < -0.4 is 4.90 Å². The molecule has 2 amide bonds. The SMILES string of the molecule is Cc1ccc(N2C(=O)c3ccc(C(=O)O)cc3C2=O)nc1. The Morgan fingerprint density at radius 2 is 1.81 bits per heavy atom. The van der Waals surface area contributed by atoms with Crippen molar-refractivity contribution in [2.45, 2.75) is 6.92 Å². The van der Waals surface area contributed by atoms with Crippen molar-refractivity contribution in [3.8, 4) is 0 Å². The molecule has 0 bridgehead atoms. The summed E-state index contributed by atoms with van der Waals surface area (Å²) in [6, 6.07) is 7.20. The molecule has 0 radical (unpaired) electrons. The van der Waals surface area contributed by atoms with Crippen LogP contribution in [-0.4, -0.2) is 27.9 Å². The highest BCUT2D eigenvalue weighted by molar-refractivity contribution is 6.34. The predicted molar refractivity (Wildman–Crippen MR) is 73.5 cm³/mol. The van der Waals surface area contributed by atoms with Crippen molar-refractivity contribution >= 4 is 23.6 Å². The van der Waals surface area contributed by atoms with Gasteiger partial charge in [-0.3, -0.25) is 9.59 Å². The Bertz CT molecular complexity index is 781. The molecule has 6 heteroatoms. The molecule has 2 heterocycles. The van der Waals surface area contributed by atoms with Crippen molar-refractivity contribution in [1.29, 1.82) is 0 Å². The second-order valence-electron chi connectivity index (χ2n) is 4.70. The Morgan fingerprint density at radius 3 is 2.43 bits per heavy atom. The molecule has 2 aromatic rings. The van der Waals surface area contributed by atoms with Crippen LogP contribution in [0.2, 0.25) is 0 Å². The molecule has 0 atom stereocenters. The van der Waals surface area contributed by atoms with Gasteiger partial charge in [-0.15, -0.1) is 0 Å². The van der Waals surface area contributed by atoms with Crippen molar-refractivity contribution in [2.24, 2.45) is 0 Å². The molecule has 0 aliphatic carbocycles. The van der Waals surface area contributed by atoms with E-state index in [2.05, 4.69) is 4.98 Å². The van der Waals surface area contributed by atoms with Crippen LogP contribution in [0.25, 0.3) is 0 Å². The number of carboxylic acids is 1. The normalized spacial score (nSPS) is 13.5. The summed E-state index contributed by atoms with van der Waals surface area (Å²) in [6.07, 6.45) is 1.56. The van der Waals surface area contributed by atoms with Crippen molar-refractivity contribution in [2.75, 3.05) is 4.90 Å². The number of aryl methyl sites for hydroxylation is 1. The van der Waals surface area contributed by atoms with Gasteiger partial charge in [0.1, 0.15) is 5.82 Å². The van der Waals surface area contributed by atoms with Gasteiger partial charge in [0, 0.05) is 6.20 Å². The number of amides is 2. The van der Waals surface area contributed by atoms with Gasteiger partial charge in [0.2, 0.25) is 0 Å². The first-order valence-corrected chi connectivity index (χ1v) is 6.18. The second kappa shape index (κ2) is 4.52. The van der Waals surface area contributed by atoms with E-state index >= 15 is 0 Å². The first-order chi connectivity index (χ1) is 9.99. The molecular weight excluding hydrogens is 272 g/mol. The zero-order chi connectivity index (χ0) is 15.1. The van der Waals surface area contributed by atoms with E-state index in [-0.39, 0.29) is 22.5 Å². The van der Waals surface area contributed by atoms with E-state index < -0.39 is 17.8 Å². The fourth-order valence-electron chi connectivity index (χ4n) is 2.17. The summed E-state index contributed by atoms with van der Waals surface area (Å²) in [5, 5.41) is 8.96. The smallest absolute Gasteiger partial charge is 0.335 e. The predicted octanol–water partition coefficient (Wildman–Crippen LogP) is 1.89. The number of carbonyl (C=O) groups excluding carboxylic acids is 2. The average Bonchev–Trinajstić information content (AvgIpc) is 2.72. The minimum Gasteiger partial charge on any atom is -0.478 e. The molecule has 1 aliphatic rings. The number of benzene rings is 1. The Balaban J connectivity index is 2.08. The summed E-state index contributed by atoms with van der Waals surface area (Å²) in [5.74, 6) is -1.98. The first-order valence-electron chi connectivity index (χ1n) is 6.18. The second-order valence-corrected chi connectivity index (χ2v) is 4.70. The van der Waals surface area contributed by atoms with Gasteiger partial charge in [-0.2, -0.15) is 0 Å². The van der Waals surface area contributed by atoms with Crippen LogP contribution in [0, 0.1) is 6.92 Å². The molecule has 0 saturated carbocycles. The highest BCUT2D eigenvalue weighted by Gasteiger charge is 2.37. The van der Waals surface area contributed by atoms with Crippen molar-refractivity contribution < 1.29 is 19.5 Å². The Labute approximate surface area is 119 Å². The van der Waals surface area contributed by atoms with Gasteiger partial charge in [-0.25, -0.2) is 14.7 Å². The highest BCUT2D eigenvalue weighted by atomic mass is 16.4. The van der Waals surface area contributed by atoms with Crippen LogP contribution in [0.3, 0.4) is 0 Å². The van der Waals surface area contributed by atoms with Gasteiger partial charge in [-0.05, 0) is 36.8 Å². The molecule has 0 spiro atoms. The maximum Gasteiger partial charge on any atom is 0.335 e. The molecule has 6 nitrogen and oxygen atoms in total. The number of nitrogens with zero attached hydrogens (tertiary/aromatic N) is 2. The van der Waals surface area contributed by atoms with E-state index in [1.807, 2.05) is 6.92 Å². The molecule has 1 aromatic carbocycles. The van der Waals surface area contributed by atoms with Gasteiger partial charge >= 0.3 is 5.97 Å². The number of carboxylic acid groups (broad SMARTS) is 1. The molecule has 0 fully saturated rings. The monoisotopic (exact) mass is 282 g/mol. The van der Waals surface area contributed by atoms with Gasteiger partial charge < -0.3 is 5.11 Å². The lowest BCUT2D eigenvalue weighted by molar-refractivity contribution is 0.0696. The summed E-state index contributed by atoms with van der Waals surface area (Å²) in [6.45, 7) is 1.85. The molecule has 3 rings (SSSR count). The lowest BCUT2D eigenvalue weighted by Gasteiger charge is -2.12. The first kappa shape index (κ1) is 13.0. The number of aromatic carboxylic acids is 1. The molecular formula is C15H10N2O4. The van der Waals surface area contributed by atoms with Crippen LogP contribution >= 0.6 is 0 Å². The maximum absolute atomic E-state index is 12.3. The summed E-state index contributed by atoms with van der Waals surface area (Å²) in [5.41, 5.74) is 1.15. The average molecular weight is 282 g/mol. The number of hydrogen-bond donors (Lipinski definition) is 1. The summed E-state index contributed by atoms with van der Waals surface area (Å²) in [7, 11) is 0. The van der Waals surface area contributed by atoms with E-state index in [0.29, 0.717) is 0 Å². The summed E-state index contributed by atoms with van der Waals surface area (Å²) >= 11 is 0. The minimum atomic E-state index is -1.15. The highest BCUT2D eigenvalue weighted by Crippen LogP contribution is 2.27. The van der Waals surface area contributed by atoms with Gasteiger partial charge in [0.05, 0.1) is 16.7 Å². The van der Waals surface area contributed by atoms with Crippen LogP contribution in [-0.2, 0) is 0 Å². The Kier molecular flexibility index (Phi) is 2.79. The zero-order valence-corrected chi connectivity index (χ0v) is 11.0. The zero-order valence-electron chi connectivity index (χ0n) is 11.0. The number of pyridine rings is 1.